The molecule has 2 unspecified atom stereocenters. The van der Waals surface area contributed by atoms with Gasteiger partial charge in [0.25, 0.3) is 0 Å². The monoisotopic (exact) mass is 474 g/mol. The first-order valence-electron chi connectivity index (χ1n) is 11.9. The Hall–Kier alpha value is -2.93. The third-order valence-corrected chi connectivity index (χ3v) is 7.37. The first-order chi connectivity index (χ1) is 16.7. The van der Waals surface area contributed by atoms with Crippen LogP contribution in [-0.2, 0) is 12.1 Å². The molecule has 0 saturated carbocycles. The van der Waals surface area contributed by atoms with E-state index in [9.17, 15) is 5.11 Å². The average molecular weight is 475 g/mol. The predicted octanol–water partition coefficient (Wildman–Crippen LogP) is 5.70. The number of piperidine rings is 1. The van der Waals surface area contributed by atoms with Crippen molar-refractivity contribution in [2.24, 2.45) is 5.92 Å². The molecule has 0 spiro atoms. The molecule has 1 aliphatic rings. The Morgan fingerprint density at radius 1 is 1.09 bits per heavy atom. The van der Waals surface area contributed by atoms with E-state index in [4.69, 9.17) is 9.15 Å². The Bertz CT molecular complexity index is 1120. The van der Waals surface area contributed by atoms with Gasteiger partial charge in [0, 0.05) is 11.9 Å². The van der Waals surface area contributed by atoms with Crippen LogP contribution in [0.4, 0.5) is 0 Å². The predicted molar refractivity (Wildman–Crippen MR) is 134 cm³/mol. The normalized spacial score (nSPS) is 19.2. The summed E-state index contributed by atoms with van der Waals surface area (Å²) in [6.07, 6.45) is 4.09. The van der Waals surface area contributed by atoms with Gasteiger partial charge in [0.1, 0.15) is 17.6 Å². The first kappa shape index (κ1) is 22.8. The largest absolute Gasteiger partial charge is 0.488 e. The molecule has 2 aromatic carbocycles. The van der Waals surface area contributed by atoms with Crippen LogP contribution in [0.5, 0.6) is 5.75 Å². The van der Waals surface area contributed by atoms with E-state index >= 15 is 0 Å². The van der Waals surface area contributed by atoms with Crippen LogP contribution in [0, 0.1) is 5.92 Å². The van der Waals surface area contributed by atoms with Gasteiger partial charge < -0.3 is 14.3 Å². The maximum Gasteiger partial charge on any atom is 0.236 e. The molecule has 0 amide bonds. The van der Waals surface area contributed by atoms with Crippen LogP contribution < -0.4 is 4.74 Å². The third-order valence-electron chi connectivity index (χ3n) is 6.71. The fourth-order valence-corrected chi connectivity index (χ4v) is 5.37. The second-order valence-corrected chi connectivity index (χ2v) is 9.66. The Balaban J connectivity index is 1.36. The van der Waals surface area contributed by atoms with Crippen LogP contribution in [0.25, 0.3) is 0 Å². The number of hydrogen-bond donors (Lipinski definition) is 1. The number of thiophene rings is 1. The van der Waals surface area contributed by atoms with Crippen molar-refractivity contribution >= 4 is 11.3 Å². The van der Waals surface area contributed by atoms with Crippen LogP contribution in [-0.4, -0.2) is 34.2 Å². The molecule has 5 rings (SSSR count). The minimum Gasteiger partial charge on any atom is -0.488 e. The average Bonchev–Trinajstić information content (AvgIpc) is 3.57. The molecule has 34 heavy (non-hydrogen) atoms. The molecule has 0 aliphatic carbocycles. The lowest BCUT2D eigenvalue weighted by molar-refractivity contribution is 0.0304. The lowest BCUT2D eigenvalue weighted by Crippen LogP contribution is -2.46. The molecule has 3 heterocycles. The SMILES string of the molecule is CCC1CCN(Cc2cnc(C(O)(c3ccccc3)c3ccccc3)o2)CC1Oc1ccsc1. The second kappa shape index (κ2) is 10.1. The Labute approximate surface area is 204 Å². The zero-order valence-electron chi connectivity index (χ0n) is 19.3. The molecule has 1 saturated heterocycles. The topological polar surface area (TPSA) is 58.7 Å². The van der Waals surface area contributed by atoms with Crippen molar-refractivity contribution in [1.29, 1.82) is 0 Å². The van der Waals surface area contributed by atoms with E-state index in [1.165, 1.54) is 0 Å². The number of nitrogens with zero attached hydrogens (tertiary/aromatic N) is 2. The molecule has 6 heteroatoms. The first-order valence-corrected chi connectivity index (χ1v) is 12.8. The fraction of sp³-hybridized carbons (Fsp3) is 0.321. The third kappa shape index (κ3) is 4.67. The number of ether oxygens (including phenoxy) is 1. The second-order valence-electron chi connectivity index (χ2n) is 8.88. The van der Waals surface area contributed by atoms with E-state index in [2.05, 4.69) is 22.2 Å². The highest BCUT2D eigenvalue weighted by atomic mass is 32.1. The summed E-state index contributed by atoms with van der Waals surface area (Å²) < 4.78 is 12.5. The summed E-state index contributed by atoms with van der Waals surface area (Å²) in [4.78, 5) is 6.90. The van der Waals surface area contributed by atoms with Crippen molar-refractivity contribution < 1.29 is 14.3 Å². The van der Waals surface area contributed by atoms with Gasteiger partial charge in [-0.1, -0.05) is 67.6 Å². The minimum absolute atomic E-state index is 0.154. The van der Waals surface area contributed by atoms with Crippen molar-refractivity contribution in [2.45, 2.75) is 38.0 Å². The summed E-state index contributed by atoms with van der Waals surface area (Å²) in [7, 11) is 0. The summed E-state index contributed by atoms with van der Waals surface area (Å²) in [5, 5.41) is 16.0. The van der Waals surface area contributed by atoms with E-state index in [-0.39, 0.29) is 12.0 Å². The van der Waals surface area contributed by atoms with Gasteiger partial charge in [-0.3, -0.25) is 4.90 Å². The van der Waals surface area contributed by atoms with Gasteiger partial charge in [-0.15, -0.1) is 11.3 Å². The molecule has 0 bridgehead atoms. The molecular formula is C28H30N2O3S. The highest BCUT2D eigenvalue weighted by Gasteiger charge is 2.39. The van der Waals surface area contributed by atoms with E-state index in [1.807, 2.05) is 72.1 Å². The highest BCUT2D eigenvalue weighted by molar-refractivity contribution is 7.08. The molecule has 0 radical (unpaired) electrons. The minimum atomic E-state index is -1.46. The van der Waals surface area contributed by atoms with Crippen molar-refractivity contribution in [1.82, 2.24) is 9.88 Å². The van der Waals surface area contributed by atoms with Gasteiger partial charge in [0.2, 0.25) is 5.89 Å². The number of aliphatic hydroxyl groups is 1. The van der Waals surface area contributed by atoms with Gasteiger partial charge in [-0.2, -0.15) is 0 Å². The van der Waals surface area contributed by atoms with Crippen molar-refractivity contribution in [3.05, 3.63) is 106 Å². The van der Waals surface area contributed by atoms with E-state index < -0.39 is 5.60 Å². The zero-order valence-corrected chi connectivity index (χ0v) is 20.2. The summed E-state index contributed by atoms with van der Waals surface area (Å²) >= 11 is 1.66. The Morgan fingerprint density at radius 3 is 2.41 bits per heavy atom. The summed E-state index contributed by atoms with van der Waals surface area (Å²) in [5.41, 5.74) is -0.00853. The lowest BCUT2D eigenvalue weighted by atomic mass is 9.86. The Kier molecular flexibility index (Phi) is 6.81. The molecule has 2 aromatic heterocycles. The van der Waals surface area contributed by atoms with E-state index in [1.54, 1.807) is 17.5 Å². The van der Waals surface area contributed by atoms with Crippen LogP contribution in [0.15, 0.2) is 88.1 Å². The van der Waals surface area contributed by atoms with Crippen LogP contribution >= 0.6 is 11.3 Å². The smallest absolute Gasteiger partial charge is 0.236 e. The van der Waals surface area contributed by atoms with Crippen molar-refractivity contribution in [3.63, 3.8) is 0 Å². The maximum absolute atomic E-state index is 11.9. The number of rotatable bonds is 8. The van der Waals surface area contributed by atoms with Gasteiger partial charge in [0.05, 0.1) is 12.7 Å². The van der Waals surface area contributed by atoms with Gasteiger partial charge in [-0.25, -0.2) is 4.98 Å². The van der Waals surface area contributed by atoms with Gasteiger partial charge in [0.15, 0.2) is 5.60 Å². The summed E-state index contributed by atoms with van der Waals surface area (Å²) in [5.74, 6) is 2.52. The summed E-state index contributed by atoms with van der Waals surface area (Å²) in [6.45, 7) is 4.69. The fourth-order valence-electron chi connectivity index (χ4n) is 4.81. The number of aromatic nitrogens is 1. The van der Waals surface area contributed by atoms with Crippen LogP contribution in [0.2, 0.25) is 0 Å². The van der Waals surface area contributed by atoms with E-state index in [0.29, 0.717) is 12.5 Å². The molecule has 1 aliphatic heterocycles. The van der Waals surface area contributed by atoms with E-state index in [0.717, 1.165) is 48.6 Å². The maximum atomic E-state index is 11.9. The standard InChI is InChI=1S/C28H30N2O3S/c1-2-21-13-15-30(19-26(21)32-24-14-16-34-20-24)18-25-17-29-27(33-25)28(31,22-9-5-3-6-10-22)23-11-7-4-8-12-23/h3-12,14,16-17,20-21,26,31H,2,13,15,18-19H2,1H3. The van der Waals surface area contributed by atoms with Crippen LogP contribution in [0.3, 0.4) is 0 Å². The number of hydrogen-bond acceptors (Lipinski definition) is 6. The number of likely N-dealkylation sites (tertiary alicyclic amines) is 1. The lowest BCUT2D eigenvalue weighted by Gasteiger charge is -2.37. The quantitative estimate of drug-likeness (QED) is 0.355. The number of benzene rings is 2. The molecule has 5 nitrogen and oxygen atoms in total. The molecular weight excluding hydrogens is 444 g/mol. The highest BCUT2D eigenvalue weighted by Crippen LogP contribution is 2.36. The molecule has 176 valence electrons. The van der Waals surface area contributed by atoms with Gasteiger partial charge >= 0.3 is 0 Å². The Morgan fingerprint density at radius 2 is 1.79 bits per heavy atom. The zero-order chi connectivity index (χ0) is 23.4. The van der Waals surface area contributed by atoms with Crippen LogP contribution in [0.1, 0.15) is 42.5 Å². The van der Waals surface area contributed by atoms with Crippen molar-refractivity contribution in [3.8, 4) is 5.75 Å². The molecule has 1 fully saturated rings. The number of oxazole rings is 1. The summed E-state index contributed by atoms with van der Waals surface area (Å²) in [6, 6.07) is 21.2. The molecule has 1 N–H and O–H groups in total. The van der Waals surface area contributed by atoms with Gasteiger partial charge in [-0.05, 0) is 47.9 Å². The molecule has 2 atom stereocenters. The van der Waals surface area contributed by atoms with Crippen molar-refractivity contribution in [2.75, 3.05) is 13.1 Å². The molecule has 4 aromatic rings.